The fourth-order valence-electron chi connectivity index (χ4n) is 4.11. The summed E-state index contributed by atoms with van der Waals surface area (Å²) in [7, 11) is 5.61. The topological polar surface area (TPSA) is 106 Å². The Balaban J connectivity index is 1.58. The van der Waals surface area contributed by atoms with E-state index in [1.54, 1.807) is 17.8 Å². The summed E-state index contributed by atoms with van der Waals surface area (Å²) < 4.78 is 1.80. The number of piperazine rings is 1. The van der Waals surface area contributed by atoms with Crippen LogP contribution in [0.15, 0.2) is 36.9 Å². The number of nitrogens with zero attached hydrogens (tertiary/aromatic N) is 7. The van der Waals surface area contributed by atoms with Crippen molar-refractivity contribution in [3.63, 3.8) is 0 Å². The first-order valence-corrected chi connectivity index (χ1v) is 11.3. The number of aromatic nitrogens is 4. The van der Waals surface area contributed by atoms with Crippen molar-refractivity contribution in [2.45, 2.75) is 6.92 Å². The van der Waals surface area contributed by atoms with Crippen molar-refractivity contribution in [2.24, 2.45) is 0 Å². The van der Waals surface area contributed by atoms with Crippen molar-refractivity contribution in [3.05, 3.63) is 48.2 Å². The Morgan fingerprint density at radius 3 is 2.59 bits per heavy atom. The van der Waals surface area contributed by atoms with Gasteiger partial charge >= 0.3 is 0 Å². The maximum Gasteiger partial charge on any atom is 0.236 e. The molecule has 0 radical (unpaired) electrons. The van der Waals surface area contributed by atoms with Crippen molar-refractivity contribution < 1.29 is 4.79 Å². The van der Waals surface area contributed by atoms with E-state index in [0.717, 1.165) is 41.2 Å². The van der Waals surface area contributed by atoms with Crippen LogP contribution in [0.4, 0.5) is 5.82 Å². The lowest BCUT2D eigenvalue weighted by Crippen LogP contribution is -2.50. The Bertz CT molecular complexity index is 1210. The SMILES string of the molecule is CN/C=C(\C=N)c1cn2ncc(C)c2c(-c2ccc(N3CCN(C(=O)CN(C)C)CC3)nc2)n1. The van der Waals surface area contributed by atoms with E-state index in [2.05, 4.69) is 15.3 Å². The van der Waals surface area contributed by atoms with E-state index in [9.17, 15) is 4.79 Å². The number of carbonyl (C=O) groups is 1. The fraction of sp³-hybridized carbons (Fsp3) is 0.375. The van der Waals surface area contributed by atoms with E-state index < -0.39 is 0 Å². The van der Waals surface area contributed by atoms with Crippen LogP contribution in [0.2, 0.25) is 0 Å². The van der Waals surface area contributed by atoms with Gasteiger partial charge in [-0.25, -0.2) is 14.5 Å². The molecule has 34 heavy (non-hydrogen) atoms. The van der Waals surface area contributed by atoms with Gasteiger partial charge in [0.15, 0.2) is 0 Å². The third-order valence-electron chi connectivity index (χ3n) is 5.86. The molecule has 178 valence electrons. The second-order valence-electron chi connectivity index (χ2n) is 8.64. The molecular weight excluding hydrogens is 430 g/mol. The van der Waals surface area contributed by atoms with Gasteiger partial charge in [-0.05, 0) is 38.7 Å². The van der Waals surface area contributed by atoms with Crippen LogP contribution in [0, 0.1) is 12.3 Å². The summed E-state index contributed by atoms with van der Waals surface area (Å²) in [4.78, 5) is 27.9. The maximum absolute atomic E-state index is 12.3. The van der Waals surface area contributed by atoms with Gasteiger partial charge in [0, 0.05) is 63.0 Å². The zero-order chi connectivity index (χ0) is 24.2. The Morgan fingerprint density at radius 1 is 1.21 bits per heavy atom. The van der Waals surface area contributed by atoms with Crippen molar-refractivity contribution in [3.8, 4) is 11.3 Å². The third-order valence-corrected chi connectivity index (χ3v) is 5.86. The highest BCUT2D eigenvalue weighted by molar-refractivity contribution is 6.07. The molecule has 0 bridgehead atoms. The molecule has 0 saturated carbocycles. The van der Waals surface area contributed by atoms with Crippen LogP contribution < -0.4 is 10.2 Å². The van der Waals surface area contributed by atoms with Gasteiger partial charge in [-0.15, -0.1) is 0 Å². The van der Waals surface area contributed by atoms with Gasteiger partial charge in [0.1, 0.15) is 5.82 Å². The summed E-state index contributed by atoms with van der Waals surface area (Å²) >= 11 is 0. The van der Waals surface area contributed by atoms with E-state index in [-0.39, 0.29) is 5.91 Å². The monoisotopic (exact) mass is 461 g/mol. The minimum absolute atomic E-state index is 0.163. The zero-order valence-corrected chi connectivity index (χ0v) is 20.1. The molecule has 4 rings (SSSR count). The fourth-order valence-corrected chi connectivity index (χ4v) is 4.11. The van der Waals surface area contributed by atoms with Crippen molar-refractivity contribution in [2.75, 3.05) is 58.8 Å². The highest BCUT2D eigenvalue weighted by Gasteiger charge is 2.22. The van der Waals surface area contributed by atoms with Gasteiger partial charge in [-0.1, -0.05) is 0 Å². The molecule has 1 amide bonds. The molecule has 10 heteroatoms. The van der Waals surface area contributed by atoms with Crippen LogP contribution in [-0.4, -0.2) is 95.4 Å². The molecule has 4 heterocycles. The lowest BCUT2D eigenvalue weighted by molar-refractivity contribution is -0.132. The predicted molar refractivity (Wildman–Crippen MR) is 134 cm³/mol. The molecule has 0 aliphatic carbocycles. The Hall–Kier alpha value is -3.79. The number of hydrogen-bond acceptors (Lipinski definition) is 8. The van der Waals surface area contributed by atoms with Crippen LogP contribution in [0.3, 0.4) is 0 Å². The first-order chi connectivity index (χ1) is 16.4. The lowest BCUT2D eigenvalue weighted by Gasteiger charge is -2.35. The van der Waals surface area contributed by atoms with E-state index >= 15 is 0 Å². The van der Waals surface area contributed by atoms with Crippen molar-refractivity contribution in [1.29, 1.82) is 5.41 Å². The van der Waals surface area contributed by atoms with Gasteiger partial charge in [-0.3, -0.25) is 4.79 Å². The minimum Gasteiger partial charge on any atom is -0.393 e. The van der Waals surface area contributed by atoms with Gasteiger partial charge in [0.05, 0.1) is 35.8 Å². The van der Waals surface area contributed by atoms with E-state index in [1.165, 1.54) is 6.21 Å². The lowest BCUT2D eigenvalue weighted by atomic mass is 10.1. The second-order valence-corrected chi connectivity index (χ2v) is 8.64. The summed E-state index contributed by atoms with van der Waals surface area (Å²) in [6.45, 7) is 5.34. The first-order valence-electron chi connectivity index (χ1n) is 11.3. The molecule has 1 saturated heterocycles. The number of nitrogens with one attached hydrogen (secondary N) is 2. The average molecular weight is 462 g/mol. The number of hydrogen-bond donors (Lipinski definition) is 2. The van der Waals surface area contributed by atoms with Gasteiger partial charge in [0.25, 0.3) is 0 Å². The molecule has 3 aromatic rings. The van der Waals surface area contributed by atoms with Gasteiger partial charge < -0.3 is 25.4 Å². The molecule has 0 aromatic carbocycles. The number of pyridine rings is 1. The zero-order valence-electron chi connectivity index (χ0n) is 20.1. The minimum atomic E-state index is 0.163. The van der Waals surface area contributed by atoms with Crippen LogP contribution in [0.1, 0.15) is 11.3 Å². The molecule has 1 aliphatic heterocycles. The maximum atomic E-state index is 12.3. The van der Waals surface area contributed by atoms with Gasteiger partial charge in [-0.2, -0.15) is 5.10 Å². The number of carbonyl (C=O) groups excluding carboxylic acids is 1. The molecular formula is C24H31N9O. The number of aryl methyl sites for hydroxylation is 1. The summed E-state index contributed by atoms with van der Waals surface area (Å²) in [5, 5.41) is 15.2. The first kappa shape index (κ1) is 23.4. The number of likely N-dealkylation sites (N-methyl/N-ethyl adjacent to an activating group) is 1. The molecule has 2 N–H and O–H groups in total. The third kappa shape index (κ3) is 4.76. The summed E-state index contributed by atoms with van der Waals surface area (Å²) in [5.41, 5.74) is 4.90. The van der Waals surface area contributed by atoms with Crippen LogP contribution in [-0.2, 0) is 4.79 Å². The molecule has 0 unspecified atom stereocenters. The molecule has 3 aromatic heterocycles. The molecule has 0 spiro atoms. The largest absolute Gasteiger partial charge is 0.393 e. The van der Waals surface area contributed by atoms with Crippen LogP contribution >= 0.6 is 0 Å². The number of fused-ring (bicyclic) bond motifs is 1. The van der Waals surface area contributed by atoms with Gasteiger partial charge in [0.2, 0.25) is 5.91 Å². The number of allylic oxidation sites excluding steroid dienone is 1. The quantitative estimate of drug-likeness (QED) is 0.514. The van der Waals surface area contributed by atoms with Crippen molar-refractivity contribution in [1.82, 2.24) is 34.7 Å². The average Bonchev–Trinajstić information content (AvgIpc) is 3.22. The molecule has 0 atom stereocenters. The number of rotatable bonds is 7. The standard InChI is InChI=1S/C24H31N9O/c1-17-12-28-33-15-20(19(11-25)13-26-2)29-23(24(17)33)18-5-6-21(27-14-18)31-7-9-32(10-8-31)22(34)16-30(3)4/h5-6,11-15,25-26H,7-10,16H2,1-4H3/b19-13+,25-11?. The highest BCUT2D eigenvalue weighted by Crippen LogP contribution is 2.28. The summed E-state index contributed by atoms with van der Waals surface area (Å²) in [6.07, 6.45) is 8.50. The Morgan fingerprint density at radius 2 is 1.97 bits per heavy atom. The van der Waals surface area contributed by atoms with E-state index in [4.69, 9.17) is 15.4 Å². The van der Waals surface area contributed by atoms with E-state index in [0.29, 0.717) is 30.9 Å². The predicted octanol–water partition coefficient (Wildman–Crippen LogP) is 1.52. The summed E-state index contributed by atoms with van der Waals surface area (Å²) in [5.74, 6) is 1.05. The smallest absolute Gasteiger partial charge is 0.236 e. The number of amides is 1. The van der Waals surface area contributed by atoms with Crippen molar-refractivity contribution >= 4 is 29.0 Å². The van der Waals surface area contributed by atoms with E-state index in [1.807, 2.05) is 61.5 Å². The number of anilines is 1. The molecule has 1 aliphatic rings. The highest BCUT2D eigenvalue weighted by atomic mass is 16.2. The Kier molecular flexibility index (Phi) is 6.87. The molecule has 1 fully saturated rings. The normalized spacial score (nSPS) is 14.7. The summed E-state index contributed by atoms with van der Waals surface area (Å²) in [6, 6.07) is 4.03. The van der Waals surface area contributed by atoms with Crippen LogP contribution in [0.5, 0.6) is 0 Å². The van der Waals surface area contributed by atoms with Crippen LogP contribution in [0.25, 0.3) is 22.3 Å². The molecule has 10 nitrogen and oxygen atoms in total. The second kappa shape index (κ2) is 10.0. The Labute approximate surface area is 199 Å².